The summed E-state index contributed by atoms with van der Waals surface area (Å²) in [4.78, 5) is 55.2. The van der Waals surface area contributed by atoms with Crippen molar-refractivity contribution >= 4 is 40.1 Å². The Morgan fingerprint density at radius 1 is 0.442 bits per heavy atom. The van der Waals surface area contributed by atoms with Crippen molar-refractivity contribution in [2.75, 3.05) is 0 Å². The van der Waals surface area contributed by atoms with Gasteiger partial charge in [0, 0.05) is 0 Å². The van der Waals surface area contributed by atoms with Gasteiger partial charge < -0.3 is 13.9 Å². The highest BCUT2D eigenvalue weighted by molar-refractivity contribution is 6.86. The predicted octanol–water partition coefficient (Wildman–Crippen LogP) is 9.02. The molecule has 0 spiro atoms. The number of carbonyl (C=O) groups is 4. The van der Waals surface area contributed by atoms with Gasteiger partial charge in [-0.1, -0.05) is 83.1 Å². The molecule has 2 aromatic rings. The van der Waals surface area contributed by atoms with Crippen molar-refractivity contribution < 1.29 is 23.9 Å². The molecule has 7 nitrogen and oxygen atoms in total. The standard InChI is InChI=1S/C34H48N2O5Si2/c1-19(2)42(20(3)4,21(5)6)35-31(37)27-15-13-25(17-29(27)33(35)39)41-26-14-16-28-30(18-26)34(40)36(32(28)38)43(22(7)8,23(9)10)24(11)12/h13-24H,1-12H3. The van der Waals surface area contributed by atoms with E-state index in [4.69, 9.17) is 4.74 Å². The van der Waals surface area contributed by atoms with Gasteiger partial charge in [-0.05, 0) is 69.6 Å². The number of amides is 4. The molecule has 4 rings (SSSR count). The monoisotopic (exact) mass is 620 g/mol. The molecule has 0 bridgehead atoms. The van der Waals surface area contributed by atoms with E-state index in [1.54, 1.807) is 45.5 Å². The largest absolute Gasteiger partial charge is 0.457 e. The fraction of sp³-hybridized carbons (Fsp3) is 0.529. The van der Waals surface area contributed by atoms with Gasteiger partial charge in [0.05, 0.1) is 22.3 Å². The van der Waals surface area contributed by atoms with Gasteiger partial charge in [0.2, 0.25) is 0 Å². The minimum atomic E-state index is -2.56. The molecule has 4 amide bonds. The molecule has 0 fully saturated rings. The fourth-order valence-corrected chi connectivity index (χ4v) is 21.9. The van der Waals surface area contributed by atoms with E-state index in [-0.39, 0.29) is 56.9 Å². The molecule has 2 aliphatic heterocycles. The smallest absolute Gasteiger partial charge is 0.253 e. The molecule has 0 saturated carbocycles. The third kappa shape index (κ3) is 4.65. The zero-order valence-electron chi connectivity index (χ0n) is 27.9. The predicted molar refractivity (Wildman–Crippen MR) is 176 cm³/mol. The maximum Gasteiger partial charge on any atom is 0.253 e. The number of ether oxygens (including phenoxy) is 1. The van der Waals surface area contributed by atoms with Crippen molar-refractivity contribution in [3.63, 3.8) is 0 Å². The lowest BCUT2D eigenvalue weighted by Gasteiger charge is -2.48. The molecule has 2 heterocycles. The Morgan fingerprint density at radius 2 is 0.698 bits per heavy atom. The minimum absolute atomic E-state index is 0.195. The summed E-state index contributed by atoms with van der Waals surface area (Å²) in [5.74, 6) is -0.145. The average Bonchev–Trinajstić information content (AvgIpc) is 3.29. The summed E-state index contributed by atoms with van der Waals surface area (Å²) in [6.07, 6.45) is 0. The summed E-state index contributed by atoms with van der Waals surface area (Å²) in [6.45, 7) is 25.5. The second-order valence-corrected chi connectivity index (χ2v) is 25.5. The van der Waals surface area contributed by atoms with Crippen LogP contribution in [0.3, 0.4) is 0 Å². The Balaban J connectivity index is 1.69. The highest BCUT2D eigenvalue weighted by Gasteiger charge is 2.57. The Morgan fingerprint density at radius 3 is 0.953 bits per heavy atom. The number of rotatable bonds is 10. The summed E-state index contributed by atoms with van der Waals surface area (Å²) in [7, 11) is -5.12. The van der Waals surface area contributed by atoms with Crippen LogP contribution < -0.4 is 4.74 Å². The second-order valence-electron chi connectivity index (χ2n) is 14.1. The molecule has 2 aliphatic rings. The average molecular weight is 621 g/mol. The van der Waals surface area contributed by atoms with Crippen LogP contribution in [-0.2, 0) is 0 Å². The molecule has 0 radical (unpaired) electrons. The van der Waals surface area contributed by atoms with Crippen LogP contribution in [0, 0.1) is 0 Å². The first-order valence-electron chi connectivity index (χ1n) is 15.7. The highest BCUT2D eigenvalue weighted by Crippen LogP contribution is 2.49. The Labute approximate surface area is 259 Å². The normalized spacial score (nSPS) is 15.9. The molecular formula is C34H48N2O5Si2. The number of carbonyl (C=O) groups excluding carboxylic acids is 4. The van der Waals surface area contributed by atoms with E-state index in [2.05, 4.69) is 83.1 Å². The molecule has 0 aromatic heterocycles. The summed E-state index contributed by atoms with van der Waals surface area (Å²) in [5.41, 5.74) is 2.67. The van der Waals surface area contributed by atoms with Gasteiger partial charge in [0.15, 0.2) is 16.5 Å². The lowest BCUT2D eigenvalue weighted by molar-refractivity contribution is 0.0726. The lowest BCUT2D eigenvalue weighted by atomic mass is 10.1. The third-order valence-corrected chi connectivity index (χ3v) is 23.7. The molecular weight excluding hydrogens is 573 g/mol. The van der Waals surface area contributed by atoms with Crippen molar-refractivity contribution in [3.8, 4) is 11.5 Å². The van der Waals surface area contributed by atoms with Crippen LogP contribution in [0.2, 0.25) is 33.2 Å². The first-order chi connectivity index (χ1) is 20.0. The molecule has 0 aliphatic carbocycles. The van der Waals surface area contributed by atoms with E-state index in [1.807, 2.05) is 0 Å². The van der Waals surface area contributed by atoms with E-state index in [9.17, 15) is 19.2 Å². The summed E-state index contributed by atoms with van der Waals surface area (Å²) < 4.78 is 9.41. The topological polar surface area (TPSA) is 84.0 Å². The van der Waals surface area contributed by atoms with Gasteiger partial charge in [-0.2, -0.15) is 0 Å². The van der Waals surface area contributed by atoms with Gasteiger partial charge in [-0.3, -0.25) is 19.2 Å². The SMILES string of the molecule is CC(C)[Si](C(C)C)(C(C)C)N1C(=O)c2ccc(Oc3ccc4c(c3)C(=O)N([Si](C(C)C)(C(C)C)C(C)C)C4=O)cc2C1=O. The maximum atomic E-state index is 13.9. The van der Waals surface area contributed by atoms with Crippen LogP contribution >= 0.6 is 0 Å². The number of fused-ring (bicyclic) bond motifs is 2. The Hall–Kier alpha value is -3.05. The van der Waals surface area contributed by atoms with Crippen molar-refractivity contribution in [1.29, 1.82) is 0 Å². The molecule has 0 atom stereocenters. The van der Waals surface area contributed by atoms with Crippen LogP contribution in [0.5, 0.6) is 11.5 Å². The van der Waals surface area contributed by atoms with Crippen molar-refractivity contribution in [2.45, 2.75) is 116 Å². The van der Waals surface area contributed by atoms with Crippen LogP contribution in [-0.4, -0.2) is 49.2 Å². The number of hydrogen-bond acceptors (Lipinski definition) is 5. The van der Waals surface area contributed by atoms with E-state index in [1.165, 1.54) is 0 Å². The highest BCUT2D eigenvalue weighted by atomic mass is 28.3. The van der Waals surface area contributed by atoms with Gasteiger partial charge in [0.1, 0.15) is 11.5 Å². The molecule has 0 saturated heterocycles. The summed E-state index contributed by atoms with van der Waals surface area (Å²) in [6, 6.07) is 9.99. The Kier molecular flexibility index (Phi) is 8.76. The number of benzene rings is 2. The summed E-state index contributed by atoms with van der Waals surface area (Å²) in [5, 5.41) is 0. The molecule has 9 heteroatoms. The van der Waals surface area contributed by atoms with Gasteiger partial charge in [-0.25, -0.2) is 0 Å². The Bertz CT molecular complexity index is 1320. The number of hydrogen-bond donors (Lipinski definition) is 0. The van der Waals surface area contributed by atoms with E-state index in [0.29, 0.717) is 33.8 Å². The van der Waals surface area contributed by atoms with Crippen molar-refractivity contribution in [2.24, 2.45) is 0 Å². The number of nitrogens with zero attached hydrogens (tertiary/aromatic N) is 2. The van der Waals surface area contributed by atoms with E-state index in [0.717, 1.165) is 0 Å². The first kappa shape index (κ1) is 32.9. The first-order valence-corrected chi connectivity index (χ1v) is 20.1. The van der Waals surface area contributed by atoms with Crippen molar-refractivity contribution in [1.82, 2.24) is 9.13 Å². The van der Waals surface area contributed by atoms with Crippen LogP contribution in [0.1, 0.15) is 125 Å². The quantitative estimate of drug-likeness (QED) is 0.195. The summed E-state index contributed by atoms with van der Waals surface area (Å²) >= 11 is 0. The zero-order valence-corrected chi connectivity index (χ0v) is 29.9. The molecule has 0 unspecified atom stereocenters. The third-order valence-electron chi connectivity index (χ3n) is 10.3. The van der Waals surface area contributed by atoms with Crippen LogP contribution in [0.15, 0.2) is 36.4 Å². The van der Waals surface area contributed by atoms with Crippen LogP contribution in [0.25, 0.3) is 0 Å². The minimum Gasteiger partial charge on any atom is -0.457 e. The maximum absolute atomic E-state index is 13.9. The fourth-order valence-electron chi connectivity index (χ4n) is 8.96. The molecule has 232 valence electrons. The zero-order chi connectivity index (χ0) is 32.3. The van der Waals surface area contributed by atoms with Crippen molar-refractivity contribution in [3.05, 3.63) is 58.7 Å². The molecule has 43 heavy (non-hydrogen) atoms. The van der Waals surface area contributed by atoms with Gasteiger partial charge in [0.25, 0.3) is 23.6 Å². The molecule has 0 N–H and O–H groups in total. The second kappa shape index (κ2) is 11.5. The van der Waals surface area contributed by atoms with Gasteiger partial charge in [-0.15, -0.1) is 0 Å². The van der Waals surface area contributed by atoms with Crippen LogP contribution in [0.4, 0.5) is 0 Å². The lowest BCUT2D eigenvalue weighted by Crippen LogP contribution is -2.62. The van der Waals surface area contributed by atoms with E-state index < -0.39 is 16.5 Å². The number of imide groups is 2. The van der Waals surface area contributed by atoms with Gasteiger partial charge >= 0.3 is 0 Å². The van der Waals surface area contributed by atoms with E-state index >= 15 is 0 Å². The molecule has 2 aromatic carbocycles.